The van der Waals surface area contributed by atoms with Crippen LogP contribution in [0.5, 0.6) is 0 Å². The molecule has 106 valence electrons. The number of carbonyl (C=O) groups excluding carboxylic acids is 1. The predicted octanol–water partition coefficient (Wildman–Crippen LogP) is 2.11. The normalized spacial score (nSPS) is 14.7. The van der Waals surface area contributed by atoms with Gasteiger partial charge < -0.3 is 4.90 Å². The van der Waals surface area contributed by atoms with Crippen LogP contribution in [-0.2, 0) is 13.0 Å². The second kappa shape index (κ2) is 4.73. The molecule has 0 bridgehead atoms. The third kappa shape index (κ3) is 1.99. The number of rotatable bonds is 2. The highest BCUT2D eigenvalue weighted by molar-refractivity contribution is 5.93. The standard InChI is InChI=1S/C13H14F2N4O/c1-8-2-3-11(19(8)13(14)15)12(20)18-5-4-10-9(7-18)6-16-17-10/h2-3,6,13H,4-5,7H2,1H3,(H,16,17). The lowest BCUT2D eigenvalue weighted by molar-refractivity contribution is 0.0541. The SMILES string of the molecule is Cc1ccc(C(=O)N2CCc3[nH]ncc3C2)n1C(F)F. The molecule has 2 aromatic heterocycles. The van der Waals surface area contributed by atoms with Crippen LogP contribution in [0.3, 0.4) is 0 Å². The number of fused-ring (bicyclic) bond motifs is 1. The van der Waals surface area contributed by atoms with Crippen molar-refractivity contribution in [2.45, 2.75) is 26.4 Å². The summed E-state index contributed by atoms with van der Waals surface area (Å²) < 4.78 is 26.8. The zero-order valence-corrected chi connectivity index (χ0v) is 10.9. The van der Waals surface area contributed by atoms with Crippen molar-refractivity contribution in [3.8, 4) is 0 Å². The van der Waals surface area contributed by atoms with Crippen LogP contribution in [0.4, 0.5) is 8.78 Å². The van der Waals surface area contributed by atoms with E-state index in [9.17, 15) is 13.6 Å². The van der Waals surface area contributed by atoms with Crippen LogP contribution >= 0.6 is 0 Å². The summed E-state index contributed by atoms with van der Waals surface area (Å²) in [5, 5.41) is 6.81. The molecule has 0 radical (unpaired) electrons. The Bertz CT molecular complexity index is 647. The van der Waals surface area contributed by atoms with Crippen LogP contribution in [0.25, 0.3) is 0 Å². The van der Waals surface area contributed by atoms with Gasteiger partial charge in [0.25, 0.3) is 5.91 Å². The number of H-pyrrole nitrogens is 1. The van der Waals surface area contributed by atoms with Gasteiger partial charge in [0, 0.05) is 36.5 Å². The molecule has 0 fully saturated rings. The molecule has 1 aliphatic rings. The molecule has 1 N–H and O–H groups in total. The summed E-state index contributed by atoms with van der Waals surface area (Å²) in [5.74, 6) is -0.370. The van der Waals surface area contributed by atoms with Crippen molar-refractivity contribution in [1.82, 2.24) is 19.7 Å². The van der Waals surface area contributed by atoms with E-state index in [0.29, 0.717) is 25.2 Å². The number of halogens is 2. The Morgan fingerprint density at radius 2 is 2.25 bits per heavy atom. The lowest BCUT2D eigenvalue weighted by Crippen LogP contribution is -2.37. The van der Waals surface area contributed by atoms with Gasteiger partial charge in [-0.1, -0.05) is 0 Å². The van der Waals surface area contributed by atoms with E-state index in [0.717, 1.165) is 15.8 Å². The maximum absolute atomic E-state index is 13.0. The number of nitrogens with zero attached hydrogens (tertiary/aromatic N) is 3. The Labute approximate surface area is 114 Å². The first-order chi connectivity index (χ1) is 9.58. The first-order valence-electron chi connectivity index (χ1n) is 6.34. The summed E-state index contributed by atoms with van der Waals surface area (Å²) >= 11 is 0. The lowest BCUT2D eigenvalue weighted by Gasteiger charge is -2.27. The lowest BCUT2D eigenvalue weighted by atomic mass is 10.1. The molecule has 0 aromatic carbocycles. The van der Waals surface area contributed by atoms with E-state index in [1.165, 1.54) is 12.1 Å². The summed E-state index contributed by atoms with van der Waals surface area (Å²) in [4.78, 5) is 14.0. The van der Waals surface area contributed by atoms with Crippen LogP contribution in [0.15, 0.2) is 18.3 Å². The minimum atomic E-state index is -2.71. The smallest absolute Gasteiger partial charge is 0.319 e. The van der Waals surface area contributed by atoms with Crippen LogP contribution in [-0.4, -0.2) is 32.1 Å². The van der Waals surface area contributed by atoms with E-state index in [-0.39, 0.29) is 11.6 Å². The number of hydrogen-bond acceptors (Lipinski definition) is 2. The van der Waals surface area contributed by atoms with E-state index in [1.54, 1.807) is 18.0 Å². The number of aryl methyl sites for hydroxylation is 1. The summed E-state index contributed by atoms with van der Waals surface area (Å²) in [6.45, 7) is -0.245. The molecular weight excluding hydrogens is 266 g/mol. The summed E-state index contributed by atoms with van der Waals surface area (Å²) in [6, 6.07) is 2.99. The van der Waals surface area contributed by atoms with Gasteiger partial charge >= 0.3 is 6.55 Å². The molecule has 0 aliphatic carbocycles. The highest BCUT2D eigenvalue weighted by Gasteiger charge is 2.27. The molecule has 0 saturated carbocycles. The fourth-order valence-corrected chi connectivity index (χ4v) is 2.54. The minimum absolute atomic E-state index is 0.0319. The summed E-state index contributed by atoms with van der Waals surface area (Å²) in [6.07, 6.45) is 2.33. The van der Waals surface area contributed by atoms with Gasteiger partial charge in [-0.3, -0.25) is 14.5 Å². The Morgan fingerprint density at radius 3 is 3.00 bits per heavy atom. The molecule has 0 unspecified atom stereocenters. The van der Waals surface area contributed by atoms with Gasteiger partial charge in [0.15, 0.2) is 0 Å². The second-order valence-corrected chi connectivity index (χ2v) is 4.86. The van der Waals surface area contributed by atoms with Crippen LogP contribution in [0.1, 0.15) is 34.0 Å². The van der Waals surface area contributed by atoms with Crippen molar-refractivity contribution >= 4 is 5.91 Å². The number of carbonyl (C=O) groups is 1. The highest BCUT2D eigenvalue weighted by atomic mass is 19.3. The first-order valence-corrected chi connectivity index (χ1v) is 6.34. The molecular formula is C13H14F2N4O. The Morgan fingerprint density at radius 1 is 1.45 bits per heavy atom. The molecule has 0 spiro atoms. The van der Waals surface area contributed by atoms with Crippen molar-refractivity contribution in [2.75, 3.05) is 6.54 Å². The van der Waals surface area contributed by atoms with E-state index < -0.39 is 6.55 Å². The van der Waals surface area contributed by atoms with E-state index in [4.69, 9.17) is 0 Å². The van der Waals surface area contributed by atoms with Crippen LogP contribution in [0, 0.1) is 6.92 Å². The predicted molar refractivity (Wildman–Crippen MR) is 67.5 cm³/mol. The fourth-order valence-electron chi connectivity index (χ4n) is 2.54. The Balaban J connectivity index is 1.87. The largest absolute Gasteiger partial charge is 0.333 e. The molecule has 2 aromatic rings. The fraction of sp³-hybridized carbons (Fsp3) is 0.385. The zero-order chi connectivity index (χ0) is 14.3. The van der Waals surface area contributed by atoms with Gasteiger partial charge in [-0.15, -0.1) is 0 Å². The molecule has 3 heterocycles. The van der Waals surface area contributed by atoms with E-state index in [2.05, 4.69) is 10.2 Å². The highest BCUT2D eigenvalue weighted by Crippen LogP contribution is 2.23. The molecule has 0 atom stereocenters. The van der Waals surface area contributed by atoms with Gasteiger partial charge in [-0.2, -0.15) is 13.9 Å². The number of amides is 1. The summed E-state index contributed by atoms with van der Waals surface area (Å²) in [5.41, 5.74) is 2.36. The van der Waals surface area contributed by atoms with Crippen molar-refractivity contribution in [3.63, 3.8) is 0 Å². The van der Waals surface area contributed by atoms with E-state index in [1.807, 2.05) is 0 Å². The van der Waals surface area contributed by atoms with Crippen molar-refractivity contribution in [2.24, 2.45) is 0 Å². The molecule has 3 rings (SSSR count). The molecule has 0 saturated heterocycles. The monoisotopic (exact) mass is 280 g/mol. The zero-order valence-electron chi connectivity index (χ0n) is 10.9. The van der Waals surface area contributed by atoms with Crippen LogP contribution < -0.4 is 0 Å². The van der Waals surface area contributed by atoms with Gasteiger partial charge in [0.1, 0.15) is 5.69 Å². The number of aromatic nitrogens is 3. The van der Waals surface area contributed by atoms with Gasteiger partial charge in [-0.25, -0.2) is 0 Å². The molecule has 1 aliphatic heterocycles. The summed E-state index contributed by atoms with van der Waals surface area (Å²) in [7, 11) is 0. The Hall–Kier alpha value is -2.18. The second-order valence-electron chi connectivity index (χ2n) is 4.86. The van der Waals surface area contributed by atoms with E-state index >= 15 is 0 Å². The quantitative estimate of drug-likeness (QED) is 0.916. The first kappa shape index (κ1) is 12.8. The number of hydrogen-bond donors (Lipinski definition) is 1. The van der Waals surface area contributed by atoms with Gasteiger partial charge in [0.05, 0.1) is 6.20 Å². The molecule has 20 heavy (non-hydrogen) atoms. The molecule has 5 nitrogen and oxygen atoms in total. The minimum Gasteiger partial charge on any atom is -0.333 e. The average molecular weight is 280 g/mol. The van der Waals surface area contributed by atoms with Gasteiger partial charge in [0.2, 0.25) is 0 Å². The molecule has 1 amide bonds. The number of alkyl halides is 2. The van der Waals surface area contributed by atoms with Crippen molar-refractivity contribution in [1.29, 1.82) is 0 Å². The topological polar surface area (TPSA) is 53.9 Å². The number of aromatic amines is 1. The van der Waals surface area contributed by atoms with Crippen molar-refractivity contribution < 1.29 is 13.6 Å². The maximum Gasteiger partial charge on any atom is 0.319 e. The van der Waals surface area contributed by atoms with Gasteiger partial charge in [-0.05, 0) is 19.1 Å². The maximum atomic E-state index is 13.0. The number of nitrogens with one attached hydrogen (secondary N) is 1. The van der Waals surface area contributed by atoms with Crippen molar-refractivity contribution in [3.05, 3.63) is 41.0 Å². The van der Waals surface area contributed by atoms with Crippen LogP contribution in [0.2, 0.25) is 0 Å². The third-order valence-electron chi connectivity index (χ3n) is 3.62. The Kier molecular flexibility index (Phi) is 3.04. The average Bonchev–Trinajstić information content (AvgIpc) is 3.02. The molecule has 7 heteroatoms. The third-order valence-corrected chi connectivity index (χ3v) is 3.62.